The van der Waals surface area contributed by atoms with Crippen molar-refractivity contribution in [2.24, 2.45) is 0 Å². The van der Waals surface area contributed by atoms with Crippen molar-refractivity contribution >= 4 is 16.3 Å². The number of nitrogen functional groups attached to an aromatic ring is 1. The van der Waals surface area contributed by atoms with Crippen molar-refractivity contribution < 1.29 is 0 Å². The first-order valence-electron chi connectivity index (χ1n) is 5.94. The Morgan fingerprint density at radius 1 is 1.18 bits per heavy atom. The largest absolute Gasteiger partial charge is 0.389 e. The molecule has 0 aliphatic rings. The van der Waals surface area contributed by atoms with Crippen molar-refractivity contribution in [3.05, 3.63) is 34.3 Å². The fourth-order valence-corrected chi connectivity index (χ4v) is 2.97. The Hall–Kier alpha value is -1.35. The molecule has 2 nitrogen and oxygen atoms in total. The molecule has 0 aliphatic carbocycles. The summed E-state index contributed by atoms with van der Waals surface area (Å²) in [4.78, 5) is 4.65. The summed E-state index contributed by atoms with van der Waals surface area (Å²) in [7, 11) is 0. The van der Waals surface area contributed by atoms with Gasteiger partial charge < -0.3 is 5.73 Å². The van der Waals surface area contributed by atoms with Crippen LogP contribution in [0.3, 0.4) is 0 Å². The third kappa shape index (κ3) is 2.67. The van der Waals surface area contributed by atoms with Crippen molar-refractivity contribution in [1.82, 2.24) is 4.98 Å². The van der Waals surface area contributed by atoms with Crippen molar-refractivity contribution in [3.8, 4) is 11.3 Å². The third-order valence-electron chi connectivity index (χ3n) is 2.66. The number of thiazole rings is 1. The highest BCUT2D eigenvalue weighted by Gasteiger charge is 2.10. The van der Waals surface area contributed by atoms with Crippen LogP contribution in [0, 0.1) is 13.8 Å². The van der Waals surface area contributed by atoms with E-state index in [1.54, 1.807) is 11.3 Å². The van der Waals surface area contributed by atoms with Crippen molar-refractivity contribution in [3.63, 3.8) is 0 Å². The second-order valence-electron chi connectivity index (χ2n) is 4.45. The molecular formula is C14H18N2S. The molecule has 2 rings (SSSR count). The molecule has 0 fully saturated rings. The molecular weight excluding hydrogens is 228 g/mol. The molecule has 2 aromatic rings. The third-order valence-corrected chi connectivity index (χ3v) is 3.60. The molecule has 0 atom stereocenters. The van der Waals surface area contributed by atoms with Gasteiger partial charge in [-0.15, -0.1) is 11.3 Å². The lowest BCUT2D eigenvalue weighted by molar-refractivity contribution is 0.910. The second-order valence-corrected chi connectivity index (χ2v) is 5.56. The average Bonchev–Trinajstić information content (AvgIpc) is 2.58. The van der Waals surface area contributed by atoms with Gasteiger partial charge in [0.05, 0.1) is 5.01 Å². The zero-order valence-electron chi connectivity index (χ0n) is 10.6. The Labute approximate surface area is 107 Å². The Kier molecular flexibility index (Phi) is 3.48. The maximum Gasteiger partial charge on any atom is 0.114 e. The molecule has 0 saturated heterocycles. The van der Waals surface area contributed by atoms with E-state index in [0.717, 1.165) is 34.1 Å². The van der Waals surface area contributed by atoms with Crippen LogP contribution >= 0.6 is 11.3 Å². The number of nitrogens with zero attached hydrogens (tertiary/aromatic N) is 1. The number of aromatic nitrogens is 1. The molecule has 2 N–H and O–H groups in total. The molecule has 3 heteroatoms. The minimum absolute atomic E-state index is 0.832. The Morgan fingerprint density at radius 3 is 2.41 bits per heavy atom. The monoisotopic (exact) mass is 246 g/mol. The van der Waals surface area contributed by atoms with Gasteiger partial charge in [0, 0.05) is 5.56 Å². The summed E-state index contributed by atoms with van der Waals surface area (Å²) in [6.07, 6.45) is 2.12. The van der Waals surface area contributed by atoms with Crippen LogP contribution in [-0.2, 0) is 6.42 Å². The number of hydrogen-bond acceptors (Lipinski definition) is 3. The predicted octanol–water partition coefficient (Wildman–Crippen LogP) is 3.96. The van der Waals surface area contributed by atoms with E-state index in [1.165, 1.54) is 11.1 Å². The summed E-state index contributed by atoms with van der Waals surface area (Å²) in [5, 5.41) is 1.97. The van der Waals surface area contributed by atoms with Crippen LogP contribution < -0.4 is 5.73 Å². The van der Waals surface area contributed by atoms with Gasteiger partial charge in [0.1, 0.15) is 10.7 Å². The van der Waals surface area contributed by atoms with Gasteiger partial charge in [0.25, 0.3) is 0 Å². The van der Waals surface area contributed by atoms with Gasteiger partial charge >= 0.3 is 0 Å². The quantitative estimate of drug-likeness (QED) is 0.890. The minimum atomic E-state index is 0.832. The number of hydrogen-bond donors (Lipinski definition) is 1. The standard InChI is InChI=1S/C14H18N2S/c1-4-5-12-16-13(14(15)17-12)11-7-9(2)6-10(3)8-11/h6-8H,4-5,15H2,1-3H3. The first-order chi connectivity index (χ1) is 8.10. The number of nitrogens with two attached hydrogens (primary N) is 1. The minimum Gasteiger partial charge on any atom is -0.389 e. The lowest BCUT2D eigenvalue weighted by atomic mass is 10.1. The Balaban J connectivity index is 2.44. The van der Waals surface area contributed by atoms with Crippen LogP contribution in [-0.4, -0.2) is 4.98 Å². The molecule has 90 valence electrons. The zero-order valence-corrected chi connectivity index (χ0v) is 11.4. The molecule has 0 radical (unpaired) electrons. The van der Waals surface area contributed by atoms with Crippen LogP contribution in [0.2, 0.25) is 0 Å². The van der Waals surface area contributed by atoms with Crippen LogP contribution in [0.25, 0.3) is 11.3 Å². The lowest BCUT2D eigenvalue weighted by Gasteiger charge is -2.03. The fraction of sp³-hybridized carbons (Fsp3) is 0.357. The molecule has 1 aromatic heterocycles. The van der Waals surface area contributed by atoms with E-state index in [2.05, 4.69) is 44.0 Å². The van der Waals surface area contributed by atoms with Crippen LogP contribution in [0.4, 0.5) is 5.00 Å². The van der Waals surface area contributed by atoms with Gasteiger partial charge in [-0.25, -0.2) is 4.98 Å². The highest BCUT2D eigenvalue weighted by molar-refractivity contribution is 7.16. The Bertz CT molecular complexity index is 509. The van der Waals surface area contributed by atoms with E-state index >= 15 is 0 Å². The normalized spacial score (nSPS) is 10.8. The number of aryl methyl sites for hydroxylation is 3. The summed E-state index contributed by atoms with van der Waals surface area (Å²) in [5.41, 5.74) is 10.7. The molecule has 1 aromatic carbocycles. The zero-order chi connectivity index (χ0) is 12.4. The van der Waals surface area contributed by atoms with Crippen molar-refractivity contribution in [2.45, 2.75) is 33.6 Å². The van der Waals surface area contributed by atoms with Gasteiger partial charge in [-0.3, -0.25) is 0 Å². The molecule has 1 heterocycles. The van der Waals surface area contributed by atoms with Gasteiger partial charge in [0.15, 0.2) is 0 Å². The molecule has 0 unspecified atom stereocenters. The number of anilines is 1. The average molecular weight is 246 g/mol. The van der Waals surface area contributed by atoms with E-state index < -0.39 is 0 Å². The van der Waals surface area contributed by atoms with Crippen LogP contribution in [0.1, 0.15) is 29.5 Å². The van der Waals surface area contributed by atoms with Crippen molar-refractivity contribution in [2.75, 3.05) is 5.73 Å². The molecule has 0 aliphatic heterocycles. The van der Waals surface area contributed by atoms with E-state index in [4.69, 9.17) is 5.73 Å². The maximum atomic E-state index is 6.06. The van der Waals surface area contributed by atoms with Gasteiger partial charge in [-0.1, -0.05) is 24.1 Å². The SMILES string of the molecule is CCCc1nc(-c2cc(C)cc(C)c2)c(N)s1. The van der Waals surface area contributed by atoms with Gasteiger partial charge in [-0.2, -0.15) is 0 Å². The second kappa shape index (κ2) is 4.88. The summed E-state index contributed by atoms with van der Waals surface area (Å²) in [6.45, 7) is 6.37. The van der Waals surface area contributed by atoms with E-state index in [1.807, 2.05) is 0 Å². The lowest BCUT2D eigenvalue weighted by Crippen LogP contribution is -1.88. The smallest absolute Gasteiger partial charge is 0.114 e. The highest BCUT2D eigenvalue weighted by Crippen LogP contribution is 2.32. The van der Waals surface area contributed by atoms with Crippen molar-refractivity contribution in [1.29, 1.82) is 0 Å². The first-order valence-corrected chi connectivity index (χ1v) is 6.75. The maximum absolute atomic E-state index is 6.06. The summed E-state index contributed by atoms with van der Waals surface area (Å²) < 4.78 is 0. The van der Waals surface area contributed by atoms with E-state index in [0.29, 0.717) is 0 Å². The number of rotatable bonds is 3. The molecule has 17 heavy (non-hydrogen) atoms. The summed E-state index contributed by atoms with van der Waals surface area (Å²) in [6, 6.07) is 6.46. The number of benzene rings is 1. The van der Waals surface area contributed by atoms with E-state index in [-0.39, 0.29) is 0 Å². The summed E-state index contributed by atoms with van der Waals surface area (Å²) >= 11 is 1.61. The molecule has 0 bridgehead atoms. The Morgan fingerprint density at radius 2 is 1.82 bits per heavy atom. The molecule has 0 amide bonds. The first kappa shape index (κ1) is 12.1. The topological polar surface area (TPSA) is 38.9 Å². The molecule has 0 spiro atoms. The fourth-order valence-electron chi connectivity index (χ4n) is 2.02. The molecule has 0 saturated carbocycles. The highest BCUT2D eigenvalue weighted by atomic mass is 32.1. The van der Waals surface area contributed by atoms with Gasteiger partial charge in [0.2, 0.25) is 0 Å². The van der Waals surface area contributed by atoms with Gasteiger partial charge in [-0.05, 0) is 38.8 Å². The predicted molar refractivity (Wildman–Crippen MR) is 75.4 cm³/mol. The van der Waals surface area contributed by atoms with Crippen LogP contribution in [0.5, 0.6) is 0 Å². The van der Waals surface area contributed by atoms with E-state index in [9.17, 15) is 0 Å². The van der Waals surface area contributed by atoms with Crippen LogP contribution in [0.15, 0.2) is 18.2 Å². The summed E-state index contributed by atoms with van der Waals surface area (Å²) in [5.74, 6) is 0.